The molecule has 0 heterocycles. The van der Waals surface area contributed by atoms with Crippen molar-refractivity contribution in [3.05, 3.63) is 64.2 Å². The van der Waals surface area contributed by atoms with Crippen LogP contribution < -0.4 is 10.6 Å². The van der Waals surface area contributed by atoms with Crippen molar-refractivity contribution in [2.75, 3.05) is 5.32 Å². The maximum atomic E-state index is 12.2. The summed E-state index contributed by atoms with van der Waals surface area (Å²) in [5.41, 5.74) is 2.98. The van der Waals surface area contributed by atoms with E-state index in [2.05, 4.69) is 10.6 Å². The lowest BCUT2D eigenvalue weighted by atomic mass is 10.1. The van der Waals surface area contributed by atoms with E-state index in [1.54, 1.807) is 12.1 Å². The number of amides is 2. The maximum absolute atomic E-state index is 12.2. The third-order valence-electron chi connectivity index (χ3n) is 4.14. The topological polar surface area (TPSA) is 78.4 Å². The highest BCUT2D eigenvalue weighted by atomic mass is 35.5. The Kier molecular flexibility index (Phi) is 4.55. The highest BCUT2D eigenvalue weighted by molar-refractivity contribution is 6.41. The molecule has 2 aromatic rings. The minimum Gasteiger partial charge on any atom is -0.390 e. The van der Waals surface area contributed by atoms with Gasteiger partial charge in [0.25, 0.3) is 0 Å². The van der Waals surface area contributed by atoms with Crippen molar-refractivity contribution in [1.82, 2.24) is 5.32 Å². The van der Waals surface area contributed by atoms with Crippen molar-refractivity contribution in [2.24, 2.45) is 0 Å². The molecule has 2 aromatic carbocycles. The summed E-state index contributed by atoms with van der Waals surface area (Å²) >= 11 is 6.12. The number of fused-ring (bicyclic) bond motifs is 1. The van der Waals surface area contributed by atoms with E-state index in [1.165, 1.54) is 0 Å². The van der Waals surface area contributed by atoms with E-state index < -0.39 is 24.0 Å². The number of hydrogen-bond acceptors (Lipinski definition) is 3. The molecule has 1 aliphatic rings. The third-order valence-corrected chi connectivity index (χ3v) is 4.64. The Morgan fingerprint density at radius 2 is 1.88 bits per heavy atom. The van der Waals surface area contributed by atoms with E-state index in [9.17, 15) is 14.7 Å². The second-order valence-corrected chi connectivity index (χ2v) is 6.19. The predicted molar refractivity (Wildman–Crippen MR) is 91.9 cm³/mol. The summed E-state index contributed by atoms with van der Waals surface area (Å²) < 4.78 is 0. The lowest BCUT2D eigenvalue weighted by molar-refractivity contribution is -0.137. The number of carbonyl (C=O) groups is 2. The number of hydrogen-bond donors (Lipinski definition) is 3. The van der Waals surface area contributed by atoms with E-state index >= 15 is 0 Å². The lowest BCUT2D eigenvalue weighted by Gasteiger charge is -2.17. The largest absolute Gasteiger partial charge is 0.390 e. The summed E-state index contributed by atoms with van der Waals surface area (Å²) in [6.07, 6.45) is -0.298. The molecule has 2 unspecified atom stereocenters. The Morgan fingerprint density at radius 3 is 2.67 bits per heavy atom. The third kappa shape index (κ3) is 3.13. The van der Waals surface area contributed by atoms with Gasteiger partial charge in [-0.15, -0.1) is 0 Å². The van der Waals surface area contributed by atoms with E-state index in [4.69, 9.17) is 11.6 Å². The molecule has 0 saturated carbocycles. The van der Waals surface area contributed by atoms with Gasteiger partial charge in [-0.25, -0.2) is 0 Å². The molecular formula is C18H17ClN2O3. The number of nitrogens with one attached hydrogen (secondary N) is 2. The number of anilines is 1. The first kappa shape index (κ1) is 16.5. The molecule has 0 saturated heterocycles. The monoisotopic (exact) mass is 344 g/mol. The van der Waals surface area contributed by atoms with Crippen LogP contribution in [0.2, 0.25) is 5.02 Å². The van der Waals surface area contributed by atoms with Gasteiger partial charge in [-0.05, 0) is 29.7 Å². The van der Waals surface area contributed by atoms with Crippen LogP contribution in [0.4, 0.5) is 5.69 Å². The van der Waals surface area contributed by atoms with E-state index in [-0.39, 0.29) is 0 Å². The molecule has 3 rings (SSSR count). The van der Waals surface area contributed by atoms with Gasteiger partial charge in [-0.2, -0.15) is 0 Å². The fraction of sp³-hybridized carbons (Fsp3) is 0.222. The Labute approximate surface area is 144 Å². The van der Waals surface area contributed by atoms with Gasteiger partial charge in [0.05, 0.1) is 22.9 Å². The first-order chi connectivity index (χ1) is 11.5. The smallest absolute Gasteiger partial charge is 0.313 e. The molecule has 0 bridgehead atoms. The van der Waals surface area contributed by atoms with Crippen molar-refractivity contribution in [3.8, 4) is 0 Å². The predicted octanol–water partition coefficient (Wildman–Crippen LogP) is 2.36. The number of halogens is 1. The zero-order valence-corrected chi connectivity index (χ0v) is 13.8. The minimum absolute atomic E-state index is 0.379. The first-order valence-corrected chi connectivity index (χ1v) is 7.98. The van der Waals surface area contributed by atoms with Gasteiger partial charge in [0.1, 0.15) is 0 Å². The summed E-state index contributed by atoms with van der Waals surface area (Å²) in [6, 6.07) is 12.0. The van der Waals surface area contributed by atoms with E-state index in [0.29, 0.717) is 17.1 Å². The van der Waals surface area contributed by atoms with Crippen molar-refractivity contribution >= 4 is 29.1 Å². The van der Waals surface area contributed by atoms with Gasteiger partial charge < -0.3 is 15.7 Å². The van der Waals surface area contributed by atoms with E-state index in [0.717, 1.165) is 16.7 Å². The zero-order chi connectivity index (χ0) is 17.3. The molecule has 2 atom stereocenters. The fourth-order valence-corrected chi connectivity index (χ4v) is 3.05. The summed E-state index contributed by atoms with van der Waals surface area (Å²) in [5, 5.41) is 15.6. The average molecular weight is 345 g/mol. The Bertz CT molecular complexity index is 807. The lowest BCUT2D eigenvalue weighted by Crippen LogP contribution is -2.40. The van der Waals surface area contributed by atoms with Gasteiger partial charge in [0.15, 0.2) is 0 Å². The van der Waals surface area contributed by atoms with Gasteiger partial charge >= 0.3 is 11.8 Å². The molecule has 1 aliphatic carbocycles. The number of aliphatic hydroxyl groups is 1. The highest BCUT2D eigenvalue weighted by Gasteiger charge is 2.33. The van der Waals surface area contributed by atoms with Crippen LogP contribution in [-0.4, -0.2) is 23.0 Å². The van der Waals surface area contributed by atoms with Crippen LogP contribution in [0.25, 0.3) is 0 Å². The van der Waals surface area contributed by atoms with Crippen molar-refractivity contribution in [1.29, 1.82) is 0 Å². The van der Waals surface area contributed by atoms with Crippen LogP contribution in [0.1, 0.15) is 22.7 Å². The van der Waals surface area contributed by atoms with Gasteiger partial charge in [0, 0.05) is 6.42 Å². The Balaban J connectivity index is 1.71. The summed E-state index contributed by atoms with van der Waals surface area (Å²) in [5.74, 6) is -1.63. The molecular weight excluding hydrogens is 328 g/mol. The quantitative estimate of drug-likeness (QED) is 0.732. The van der Waals surface area contributed by atoms with Crippen LogP contribution >= 0.6 is 11.6 Å². The molecule has 2 amide bonds. The second-order valence-electron chi connectivity index (χ2n) is 5.81. The van der Waals surface area contributed by atoms with E-state index in [1.807, 2.05) is 37.3 Å². The minimum atomic E-state index is -0.820. The van der Waals surface area contributed by atoms with Gasteiger partial charge in [-0.1, -0.05) is 48.0 Å². The van der Waals surface area contributed by atoms with Gasteiger partial charge in [0.2, 0.25) is 0 Å². The van der Waals surface area contributed by atoms with Crippen LogP contribution in [0, 0.1) is 6.92 Å². The molecule has 24 heavy (non-hydrogen) atoms. The molecule has 5 nitrogen and oxygen atoms in total. The number of aryl methyl sites for hydroxylation is 1. The number of carbonyl (C=O) groups excluding carboxylic acids is 2. The molecule has 0 aromatic heterocycles. The fourth-order valence-electron chi connectivity index (χ4n) is 2.88. The van der Waals surface area contributed by atoms with Crippen molar-refractivity contribution < 1.29 is 14.7 Å². The van der Waals surface area contributed by atoms with Crippen LogP contribution in [0.3, 0.4) is 0 Å². The standard InChI is InChI=1S/C18H17ClN2O3/c1-10-5-4-8-13(15(10)19)20-17(23)18(24)21-16-12-7-3-2-6-11(12)9-14(16)22/h2-8,14,16,22H,9H2,1H3,(H,20,23)(H,21,24). The molecule has 124 valence electrons. The summed E-state index contributed by atoms with van der Waals surface area (Å²) in [4.78, 5) is 24.3. The number of rotatable bonds is 2. The normalized spacial score (nSPS) is 18.8. The number of aliphatic hydroxyl groups excluding tert-OH is 1. The molecule has 0 fully saturated rings. The Morgan fingerprint density at radius 1 is 1.12 bits per heavy atom. The highest BCUT2D eigenvalue weighted by Crippen LogP contribution is 2.31. The molecule has 0 aliphatic heterocycles. The molecule has 6 heteroatoms. The Hall–Kier alpha value is -2.37. The zero-order valence-electron chi connectivity index (χ0n) is 13.0. The first-order valence-electron chi connectivity index (χ1n) is 7.60. The summed E-state index contributed by atoms with van der Waals surface area (Å²) in [7, 11) is 0. The molecule has 0 radical (unpaired) electrons. The SMILES string of the molecule is Cc1cccc(NC(=O)C(=O)NC2c3ccccc3CC2O)c1Cl. The molecule has 0 spiro atoms. The average Bonchev–Trinajstić information content (AvgIpc) is 2.87. The molecule has 3 N–H and O–H groups in total. The van der Waals surface area contributed by atoms with Crippen LogP contribution in [-0.2, 0) is 16.0 Å². The van der Waals surface area contributed by atoms with Crippen LogP contribution in [0.15, 0.2) is 42.5 Å². The summed E-state index contributed by atoms with van der Waals surface area (Å²) in [6.45, 7) is 1.81. The second kappa shape index (κ2) is 6.63. The number of benzene rings is 2. The van der Waals surface area contributed by atoms with Crippen molar-refractivity contribution in [3.63, 3.8) is 0 Å². The van der Waals surface area contributed by atoms with Gasteiger partial charge in [-0.3, -0.25) is 9.59 Å². The maximum Gasteiger partial charge on any atom is 0.313 e. The van der Waals surface area contributed by atoms with Crippen molar-refractivity contribution in [2.45, 2.75) is 25.5 Å². The van der Waals surface area contributed by atoms with Crippen LogP contribution in [0.5, 0.6) is 0 Å².